The van der Waals surface area contributed by atoms with E-state index in [2.05, 4.69) is 15.5 Å². The van der Waals surface area contributed by atoms with Gasteiger partial charge >= 0.3 is 0 Å². The number of hydrogen-bond donors (Lipinski definition) is 0. The van der Waals surface area contributed by atoms with Crippen LogP contribution in [0.3, 0.4) is 0 Å². The zero-order chi connectivity index (χ0) is 12.6. The van der Waals surface area contributed by atoms with E-state index in [9.17, 15) is 8.42 Å². The lowest BCUT2D eigenvalue weighted by Crippen LogP contribution is -2.13. The second-order valence-electron chi connectivity index (χ2n) is 4.37. The molecule has 1 aliphatic rings. The first-order chi connectivity index (χ1) is 8.66. The summed E-state index contributed by atoms with van der Waals surface area (Å²) in [6.45, 7) is 0. The van der Waals surface area contributed by atoms with Crippen LogP contribution in [0.1, 0.15) is 12.5 Å². The normalized spacial score (nSPS) is 22.1. The van der Waals surface area contributed by atoms with Gasteiger partial charge in [-0.15, -0.1) is 5.10 Å². The van der Waals surface area contributed by atoms with Crippen molar-refractivity contribution in [1.29, 1.82) is 0 Å². The summed E-state index contributed by atoms with van der Waals surface area (Å²) in [5.74, 6) is 0.960. The maximum absolute atomic E-state index is 11.5. The number of rotatable bonds is 2. The van der Waals surface area contributed by atoms with Crippen molar-refractivity contribution in [1.82, 2.24) is 20.2 Å². The van der Waals surface area contributed by atoms with Crippen LogP contribution < -0.4 is 0 Å². The average Bonchev–Trinajstić information content (AvgIpc) is 2.96. The Morgan fingerprint density at radius 2 is 2.00 bits per heavy atom. The van der Waals surface area contributed by atoms with Gasteiger partial charge in [0.2, 0.25) is 0 Å². The third kappa shape index (κ3) is 2.01. The number of benzene rings is 1. The van der Waals surface area contributed by atoms with Gasteiger partial charge in [0.15, 0.2) is 15.7 Å². The van der Waals surface area contributed by atoms with Gasteiger partial charge in [0, 0.05) is 5.56 Å². The van der Waals surface area contributed by atoms with Crippen LogP contribution in [0.5, 0.6) is 0 Å². The van der Waals surface area contributed by atoms with Crippen molar-refractivity contribution in [3.63, 3.8) is 0 Å². The highest BCUT2D eigenvalue weighted by Gasteiger charge is 2.31. The number of nitrogens with zero attached hydrogens (tertiary/aromatic N) is 4. The van der Waals surface area contributed by atoms with Gasteiger partial charge in [-0.2, -0.15) is 0 Å². The molecule has 2 aromatic rings. The van der Waals surface area contributed by atoms with E-state index in [0.717, 1.165) is 5.56 Å². The largest absolute Gasteiger partial charge is 0.229 e. The molecule has 1 fully saturated rings. The second-order valence-corrected chi connectivity index (χ2v) is 6.60. The van der Waals surface area contributed by atoms with Crippen molar-refractivity contribution < 1.29 is 8.42 Å². The van der Waals surface area contributed by atoms with Crippen LogP contribution in [0, 0.1) is 0 Å². The van der Waals surface area contributed by atoms with Gasteiger partial charge in [-0.3, -0.25) is 0 Å². The van der Waals surface area contributed by atoms with E-state index < -0.39 is 9.84 Å². The van der Waals surface area contributed by atoms with E-state index in [0.29, 0.717) is 12.2 Å². The van der Waals surface area contributed by atoms with Crippen molar-refractivity contribution in [2.45, 2.75) is 12.5 Å². The molecule has 7 heteroatoms. The molecule has 1 atom stereocenters. The number of hydrogen-bond acceptors (Lipinski definition) is 5. The summed E-state index contributed by atoms with van der Waals surface area (Å²) in [5, 5.41) is 11.6. The Kier molecular flexibility index (Phi) is 2.62. The summed E-state index contributed by atoms with van der Waals surface area (Å²) < 4.78 is 24.6. The van der Waals surface area contributed by atoms with Crippen molar-refractivity contribution in [3.05, 3.63) is 30.3 Å². The van der Waals surface area contributed by atoms with Gasteiger partial charge in [0.25, 0.3) is 0 Å². The van der Waals surface area contributed by atoms with Crippen LogP contribution in [-0.4, -0.2) is 40.1 Å². The molecule has 0 radical (unpaired) electrons. The molecule has 0 saturated carbocycles. The summed E-state index contributed by atoms with van der Waals surface area (Å²) in [5.41, 5.74) is 0.895. The SMILES string of the molecule is O=S1(=O)CC[C@H](n2nnnc2-c2ccccc2)C1. The van der Waals surface area contributed by atoms with Crippen LogP contribution in [0.25, 0.3) is 11.4 Å². The quantitative estimate of drug-likeness (QED) is 0.798. The van der Waals surface area contributed by atoms with Gasteiger partial charge in [-0.25, -0.2) is 13.1 Å². The van der Waals surface area contributed by atoms with Gasteiger partial charge in [-0.1, -0.05) is 30.3 Å². The fraction of sp³-hybridized carbons (Fsp3) is 0.364. The molecule has 18 heavy (non-hydrogen) atoms. The van der Waals surface area contributed by atoms with E-state index >= 15 is 0 Å². The summed E-state index contributed by atoms with van der Waals surface area (Å²) in [6, 6.07) is 9.38. The first-order valence-corrected chi connectivity index (χ1v) is 7.51. The maximum atomic E-state index is 11.5. The molecule has 1 aliphatic heterocycles. The molecule has 3 rings (SSSR count). The molecule has 0 N–H and O–H groups in total. The highest BCUT2D eigenvalue weighted by atomic mass is 32.2. The molecule has 1 saturated heterocycles. The van der Waals surface area contributed by atoms with Gasteiger partial charge in [-0.05, 0) is 16.8 Å². The Hall–Kier alpha value is -1.76. The van der Waals surface area contributed by atoms with E-state index in [1.807, 2.05) is 30.3 Å². The Labute approximate surface area is 105 Å². The van der Waals surface area contributed by atoms with Crippen LogP contribution >= 0.6 is 0 Å². The number of aromatic nitrogens is 4. The monoisotopic (exact) mass is 264 g/mol. The smallest absolute Gasteiger partial charge is 0.182 e. The minimum Gasteiger partial charge on any atom is -0.229 e. The highest BCUT2D eigenvalue weighted by Crippen LogP contribution is 2.26. The number of tetrazole rings is 1. The van der Waals surface area contributed by atoms with Crippen molar-refractivity contribution in [2.75, 3.05) is 11.5 Å². The topological polar surface area (TPSA) is 77.7 Å². The molecule has 6 nitrogen and oxygen atoms in total. The van der Waals surface area contributed by atoms with Crippen LogP contribution in [0.4, 0.5) is 0 Å². The summed E-state index contributed by atoms with van der Waals surface area (Å²) in [7, 11) is -2.94. The third-order valence-electron chi connectivity index (χ3n) is 3.08. The Bertz CT molecular complexity index is 651. The van der Waals surface area contributed by atoms with E-state index in [-0.39, 0.29) is 17.5 Å². The van der Waals surface area contributed by atoms with Gasteiger partial charge in [0.1, 0.15) is 0 Å². The lowest BCUT2D eigenvalue weighted by molar-refractivity contribution is 0.489. The van der Waals surface area contributed by atoms with E-state index in [1.165, 1.54) is 0 Å². The molecule has 0 unspecified atom stereocenters. The first kappa shape index (κ1) is 11.3. The van der Waals surface area contributed by atoms with Crippen molar-refractivity contribution in [3.8, 4) is 11.4 Å². The summed E-state index contributed by atoms with van der Waals surface area (Å²) in [6.07, 6.45) is 0.577. The lowest BCUT2D eigenvalue weighted by atomic mass is 10.2. The van der Waals surface area contributed by atoms with E-state index in [4.69, 9.17) is 0 Å². The zero-order valence-electron chi connectivity index (χ0n) is 9.60. The molecule has 0 bridgehead atoms. The Morgan fingerprint density at radius 3 is 2.67 bits per heavy atom. The minimum atomic E-state index is -2.94. The maximum Gasteiger partial charge on any atom is 0.182 e. The molecule has 94 valence electrons. The van der Waals surface area contributed by atoms with Gasteiger partial charge < -0.3 is 0 Å². The van der Waals surface area contributed by atoms with Crippen LogP contribution in [-0.2, 0) is 9.84 Å². The summed E-state index contributed by atoms with van der Waals surface area (Å²) >= 11 is 0. The first-order valence-electron chi connectivity index (χ1n) is 5.69. The second kappa shape index (κ2) is 4.16. The fourth-order valence-corrected chi connectivity index (χ4v) is 3.88. The van der Waals surface area contributed by atoms with E-state index in [1.54, 1.807) is 4.68 Å². The average molecular weight is 264 g/mol. The molecule has 1 aromatic carbocycles. The highest BCUT2D eigenvalue weighted by molar-refractivity contribution is 7.91. The molecular weight excluding hydrogens is 252 g/mol. The lowest BCUT2D eigenvalue weighted by Gasteiger charge is -2.09. The van der Waals surface area contributed by atoms with Crippen LogP contribution in [0.15, 0.2) is 30.3 Å². The fourth-order valence-electron chi connectivity index (χ4n) is 2.19. The molecular formula is C11H12N4O2S. The molecule has 2 heterocycles. The predicted octanol–water partition coefficient (Wildman–Crippen LogP) is 0.700. The van der Waals surface area contributed by atoms with Crippen LogP contribution in [0.2, 0.25) is 0 Å². The Balaban J connectivity index is 1.98. The minimum absolute atomic E-state index is 0.123. The zero-order valence-corrected chi connectivity index (χ0v) is 10.4. The molecule has 0 amide bonds. The predicted molar refractivity (Wildman–Crippen MR) is 65.6 cm³/mol. The molecule has 1 aromatic heterocycles. The summed E-state index contributed by atoms with van der Waals surface area (Å²) in [4.78, 5) is 0. The Morgan fingerprint density at radius 1 is 1.22 bits per heavy atom. The van der Waals surface area contributed by atoms with Gasteiger partial charge in [0.05, 0.1) is 17.5 Å². The third-order valence-corrected chi connectivity index (χ3v) is 4.83. The molecule has 0 aliphatic carbocycles. The molecule has 0 spiro atoms. The van der Waals surface area contributed by atoms with Crippen molar-refractivity contribution >= 4 is 9.84 Å². The standard InChI is InChI=1S/C11H12N4O2S/c16-18(17)7-6-10(8-18)15-11(12-13-14-15)9-4-2-1-3-5-9/h1-5,10H,6-8H2/t10-/m0/s1. The van der Waals surface area contributed by atoms with Crippen molar-refractivity contribution in [2.24, 2.45) is 0 Å². The number of sulfone groups is 1.